The normalized spacial score (nSPS) is 17.4. The van der Waals surface area contributed by atoms with Gasteiger partial charge in [-0.2, -0.15) is 0 Å². The van der Waals surface area contributed by atoms with E-state index in [-0.39, 0.29) is 16.1 Å². The smallest absolute Gasteiger partial charge is 0.160 e. The highest BCUT2D eigenvalue weighted by atomic mass is 35.5. The molecule has 2 aromatic carbocycles. The standard InChI is InChI=1S/C16H14Cl2FNO/c17-13-7-11(8-14(18)16(13)19)20-9-15-12-4-2-1-3-10(12)5-6-21-15/h1-4,7-8,15,20H,5-6,9H2. The summed E-state index contributed by atoms with van der Waals surface area (Å²) in [7, 11) is 0. The minimum absolute atomic E-state index is 0.00922. The number of anilines is 1. The minimum atomic E-state index is -0.594. The summed E-state index contributed by atoms with van der Waals surface area (Å²) < 4.78 is 19.2. The second-order valence-electron chi connectivity index (χ2n) is 4.94. The minimum Gasteiger partial charge on any atom is -0.382 e. The van der Waals surface area contributed by atoms with Crippen molar-refractivity contribution in [2.24, 2.45) is 0 Å². The van der Waals surface area contributed by atoms with E-state index in [0.29, 0.717) is 18.8 Å². The topological polar surface area (TPSA) is 21.3 Å². The van der Waals surface area contributed by atoms with Crippen LogP contribution in [0.3, 0.4) is 0 Å². The van der Waals surface area contributed by atoms with E-state index in [9.17, 15) is 4.39 Å². The molecule has 0 saturated carbocycles. The molecular weight excluding hydrogens is 312 g/mol. The molecule has 2 aromatic rings. The first-order chi connectivity index (χ1) is 10.1. The molecule has 0 aliphatic carbocycles. The van der Waals surface area contributed by atoms with Crippen molar-refractivity contribution in [2.45, 2.75) is 12.5 Å². The van der Waals surface area contributed by atoms with Crippen molar-refractivity contribution in [1.82, 2.24) is 0 Å². The third-order valence-corrected chi connectivity index (χ3v) is 4.12. The Balaban J connectivity index is 1.74. The van der Waals surface area contributed by atoms with Crippen molar-refractivity contribution < 1.29 is 9.13 Å². The first-order valence-corrected chi connectivity index (χ1v) is 7.48. The summed E-state index contributed by atoms with van der Waals surface area (Å²) in [5.41, 5.74) is 3.18. The molecule has 1 atom stereocenters. The number of rotatable bonds is 3. The van der Waals surface area contributed by atoms with E-state index in [1.54, 1.807) is 0 Å². The largest absolute Gasteiger partial charge is 0.382 e. The van der Waals surface area contributed by atoms with Crippen molar-refractivity contribution in [3.8, 4) is 0 Å². The van der Waals surface area contributed by atoms with Crippen LogP contribution in [0.1, 0.15) is 17.2 Å². The van der Waals surface area contributed by atoms with Crippen molar-refractivity contribution >= 4 is 28.9 Å². The zero-order chi connectivity index (χ0) is 14.8. The fourth-order valence-electron chi connectivity index (χ4n) is 2.51. The predicted octanol–water partition coefficient (Wildman–Crippen LogP) is 4.86. The second-order valence-corrected chi connectivity index (χ2v) is 5.76. The molecule has 1 N–H and O–H groups in total. The molecule has 21 heavy (non-hydrogen) atoms. The fourth-order valence-corrected chi connectivity index (χ4v) is 3.00. The van der Waals surface area contributed by atoms with Gasteiger partial charge in [0.05, 0.1) is 22.8 Å². The molecule has 0 saturated heterocycles. The van der Waals surface area contributed by atoms with Gasteiger partial charge in [-0.05, 0) is 29.7 Å². The van der Waals surface area contributed by atoms with Crippen LogP contribution < -0.4 is 5.32 Å². The maximum atomic E-state index is 13.4. The van der Waals surface area contributed by atoms with E-state index >= 15 is 0 Å². The maximum Gasteiger partial charge on any atom is 0.160 e. The summed E-state index contributed by atoms with van der Waals surface area (Å²) in [6, 6.07) is 11.3. The molecule has 0 bridgehead atoms. The molecule has 1 unspecified atom stereocenters. The van der Waals surface area contributed by atoms with E-state index in [1.807, 2.05) is 12.1 Å². The number of hydrogen-bond donors (Lipinski definition) is 1. The Hall–Kier alpha value is -1.29. The van der Waals surface area contributed by atoms with Crippen LogP contribution in [0.15, 0.2) is 36.4 Å². The number of hydrogen-bond acceptors (Lipinski definition) is 2. The van der Waals surface area contributed by atoms with Crippen molar-refractivity contribution in [3.05, 3.63) is 63.4 Å². The maximum absolute atomic E-state index is 13.4. The Bertz CT molecular complexity index is 639. The third-order valence-electron chi connectivity index (χ3n) is 3.57. The van der Waals surface area contributed by atoms with Gasteiger partial charge in [-0.3, -0.25) is 0 Å². The van der Waals surface area contributed by atoms with Crippen molar-refractivity contribution in [1.29, 1.82) is 0 Å². The van der Waals surface area contributed by atoms with Crippen LogP contribution in [-0.2, 0) is 11.2 Å². The van der Waals surface area contributed by atoms with Crippen LogP contribution in [0.5, 0.6) is 0 Å². The Morgan fingerprint density at radius 3 is 2.67 bits per heavy atom. The number of halogens is 3. The van der Waals surface area contributed by atoms with Crippen LogP contribution in [0.2, 0.25) is 10.0 Å². The lowest BCUT2D eigenvalue weighted by atomic mass is 9.97. The fraction of sp³-hybridized carbons (Fsp3) is 0.250. The lowest BCUT2D eigenvalue weighted by Gasteiger charge is -2.26. The van der Waals surface area contributed by atoms with E-state index in [0.717, 1.165) is 6.42 Å². The number of nitrogens with one attached hydrogen (secondary N) is 1. The highest BCUT2D eigenvalue weighted by Gasteiger charge is 2.20. The average Bonchev–Trinajstić information content (AvgIpc) is 2.50. The molecule has 110 valence electrons. The van der Waals surface area contributed by atoms with Gasteiger partial charge in [-0.1, -0.05) is 47.5 Å². The van der Waals surface area contributed by atoms with Gasteiger partial charge in [-0.15, -0.1) is 0 Å². The molecule has 2 nitrogen and oxygen atoms in total. The summed E-state index contributed by atoms with van der Waals surface area (Å²) >= 11 is 11.6. The van der Waals surface area contributed by atoms with Gasteiger partial charge in [0.2, 0.25) is 0 Å². The van der Waals surface area contributed by atoms with Gasteiger partial charge in [0.25, 0.3) is 0 Å². The van der Waals surface area contributed by atoms with Gasteiger partial charge in [0.1, 0.15) is 0 Å². The van der Waals surface area contributed by atoms with Gasteiger partial charge in [-0.25, -0.2) is 4.39 Å². The van der Waals surface area contributed by atoms with Crippen LogP contribution in [0, 0.1) is 5.82 Å². The van der Waals surface area contributed by atoms with E-state index in [2.05, 4.69) is 17.4 Å². The molecule has 5 heteroatoms. The Morgan fingerprint density at radius 2 is 1.90 bits per heavy atom. The summed E-state index contributed by atoms with van der Waals surface area (Å²) in [6.07, 6.45) is 0.901. The molecule has 0 spiro atoms. The molecule has 3 rings (SSSR count). The Kier molecular flexibility index (Phi) is 4.34. The molecular formula is C16H14Cl2FNO. The molecule has 0 radical (unpaired) electrons. The van der Waals surface area contributed by atoms with Gasteiger partial charge < -0.3 is 10.1 Å². The summed E-state index contributed by atoms with van der Waals surface area (Å²) in [4.78, 5) is 0. The van der Waals surface area contributed by atoms with Crippen LogP contribution >= 0.6 is 23.2 Å². The average molecular weight is 326 g/mol. The summed E-state index contributed by atoms with van der Waals surface area (Å²) in [5, 5.41) is 3.22. The quantitative estimate of drug-likeness (QED) is 0.814. The predicted molar refractivity (Wildman–Crippen MR) is 83.7 cm³/mol. The lowest BCUT2D eigenvalue weighted by molar-refractivity contribution is 0.0513. The molecule has 0 fully saturated rings. The number of benzene rings is 2. The molecule has 1 heterocycles. The van der Waals surface area contributed by atoms with Crippen molar-refractivity contribution in [3.63, 3.8) is 0 Å². The first-order valence-electron chi connectivity index (χ1n) is 6.73. The zero-order valence-corrected chi connectivity index (χ0v) is 12.7. The number of ether oxygens (including phenoxy) is 1. The first kappa shape index (κ1) is 14.6. The Morgan fingerprint density at radius 1 is 1.19 bits per heavy atom. The van der Waals surface area contributed by atoms with E-state index < -0.39 is 5.82 Å². The van der Waals surface area contributed by atoms with E-state index in [1.165, 1.54) is 23.3 Å². The van der Waals surface area contributed by atoms with Gasteiger partial charge >= 0.3 is 0 Å². The van der Waals surface area contributed by atoms with Crippen LogP contribution in [0.4, 0.5) is 10.1 Å². The summed E-state index contributed by atoms with van der Waals surface area (Å²) in [6.45, 7) is 1.28. The van der Waals surface area contributed by atoms with Crippen molar-refractivity contribution in [2.75, 3.05) is 18.5 Å². The molecule has 1 aliphatic heterocycles. The lowest BCUT2D eigenvalue weighted by Crippen LogP contribution is -2.22. The SMILES string of the molecule is Fc1c(Cl)cc(NCC2OCCc3ccccc32)cc1Cl. The molecule has 1 aliphatic rings. The summed E-state index contributed by atoms with van der Waals surface area (Å²) in [5.74, 6) is -0.594. The highest BCUT2D eigenvalue weighted by Crippen LogP contribution is 2.30. The number of fused-ring (bicyclic) bond motifs is 1. The van der Waals surface area contributed by atoms with Crippen LogP contribution in [0.25, 0.3) is 0 Å². The molecule has 0 aromatic heterocycles. The Labute approximate surface area is 132 Å². The highest BCUT2D eigenvalue weighted by molar-refractivity contribution is 6.35. The van der Waals surface area contributed by atoms with Gasteiger partial charge in [0.15, 0.2) is 5.82 Å². The second kappa shape index (κ2) is 6.22. The van der Waals surface area contributed by atoms with Crippen LogP contribution in [-0.4, -0.2) is 13.2 Å². The third kappa shape index (κ3) is 3.15. The monoisotopic (exact) mass is 325 g/mol. The van der Waals surface area contributed by atoms with Gasteiger partial charge in [0, 0.05) is 12.2 Å². The zero-order valence-electron chi connectivity index (χ0n) is 11.2. The van der Waals surface area contributed by atoms with E-state index in [4.69, 9.17) is 27.9 Å². The molecule has 0 amide bonds.